The third kappa shape index (κ3) is 1.79. The number of aromatic nitrogens is 1. The predicted octanol–water partition coefficient (Wildman–Crippen LogP) is 0.352. The molecule has 5 heteroatoms. The van der Waals surface area contributed by atoms with Crippen molar-refractivity contribution in [2.45, 2.75) is 0 Å². The molecule has 0 spiro atoms. The first-order valence-corrected chi connectivity index (χ1v) is 3.11. The molecule has 0 aliphatic carbocycles. The summed E-state index contributed by atoms with van der Waals surface area (Å²) in [6, 6.07) is 2.97. The zero-order chi connectivity index (χ0) is 8.97. The highest BCUT2D eigenvalue weighted by Gasteiger charge is 2.04. The van der Waals surface area contributed by atoms with Crippen LogP contribution in [0.4, 0.5) is 4.79 Å². The number of carbonyl (C=O) groups is 2. The van der Waals surface area contributed by atoms with Crippen molar-refractivity contribution in [1.29, 1.82) is 0 Å². The lowest BCUT2D eigenvalue weighted by atomic mass is 10.3. The van der Waals surface area contributed by atoms with E-state index in [0.29, 0.717) is 6.29 Å². The second kappa shape index (κ2) is 3.47. The van der Waals surface area contributed by atoms with E-state index in [4.69, 9.17) is 5.73 Å². The summed E-state index contributed by atoms with van der Waals surface area (Å²) in [6.07, 6.45) is 0.932. The average molecular weight is 166 g/mol. The maximum atomic E-state index is 10.3. The Morgan fingerprint density at radius 2 is 2.42 bits per heavy atom. The van der Waals surface area contributed by atoms with Gasteiger partial charge in [-0.25, -0.2) is 9.78 Å². The molecule has 0 unspecified atom stereocenters. The van der Waals surface area contributed by atoms with E-state index in [-0.39, 0.29) is 11.4 Å². The molecule has 0 aliphatic rings. The van der Waals surface area contributed by atoms with Crippen LogP contribution in [0.25, 0.3) is 0 Å². The fourth-order valence-corrected chi connectivity index (χ4v) is 0.686. The smallest absolute Gasteiger partial charge is 0.408 e. The van der Waals surface area contributed by atoms with Gasteiger partial charge < -0.3 is 10.5 Å². The molecule has 12 heavy (non-hydrogen) atoms. The molecule has 1 aromatic rings. The Bertz CT molecular complexity index is 311. The van der Waals surface area contributed by atoms with Gasteiger partial charge in [0, 0.05) is 6.20 Å². The molecule has 1 amide bonds. The van der Waals surface area contributed by atoms with Crippen molar-refractivity contribution < 1.29 is 14.3 Å². The largest absolute Gasteiger partial charge is 0.410 e. The third-order valence-electron chi connectivity index (χ3n) is 1.12. The standard InChI is InChI=1S/C7H6N2O3/c8-7(11)12-6-2-1-3-9-5(6)4-10/h1-4H,(H2,8,11). The third-order valence-corrected chi connectivity index (χ3v) is 1.12. The van der Waals surface area contributed by atoms with E-state index in [1.165, 1.54) is 18.3 Å². The molecule has 0 saturated carbocycles. The maximum Gasteiger partial charge on any atom is 0.410 e. The Labute approximate surface area is 68.2 Å². The highest BCUT2D eigenvalue weighted by molar-refractivity contribution is 5.78. The number of rotatable bonds is 2. The van der Waals surface area contributed by atoms with E-state index >= 15 is 0 Å². The Morgan fingerprint density at radius 3 is 3.00 bits per heavy atom. The first kappa shape index (κ1) is 8.19. The van der Waals surface area contributed by atoms with Gasteiger partial charge in [0.15, 0.2) is 12.0 Å². The summed E-state index contributed by atoms with van der Waals surface area (Å²) in [5.74, 6) is 0.0694. The van der Waals surface area contributed by atoms with Gasteiger partial charge in [0.25, 0.3) is 0 Å². The molecule has 1 heterocycles. The number of hydrogen-bond acceptors (Lipinski definition) is 4. The van der Waals surface area contributed by atoms with Crippen molar-refractivity contribution in [3.8, 4) is 5.75 Å². The number of aldehydes is 1. The molecule has 0 bridgehead atoms. The lowest BCUT2D eigenvalue weighted by Gasteiger charge is -2.00. The second-order valence-corrected chi connectivity index (χ2v) is 1.93. The van der Waals surface area contributed by atoms with Crippen molar-refractivity contribution in [2.75, 3.05) is 0 Å². The lowest BCUT2D eigenvalue weighted by molar-refractivity contribution is 0.111. The first-order chi connectivity index (χ1) is 5.74. The minimum Gasteiger partial charge on any atom is -0.408 e. The minimum absolute atomic E-state index is 0.0521. The van der Waals surface area contributed by atoms with E-state index in [0.717, 1.165) is 0 Å². The van der Waals surface area contributed by atoms with Crippen molar-refractivity contribution in [3.05, 3.63) is 24.0 Å². The topological polar surface area (TPSA) is 82.3 Å². The van der Waals surface area contributed by atoms with Crippen LogP contribution in [0.5, 0.6) is 5.75 Å². The van der Waals surface area contributed by atoms with Gasteiger partial charge in [-0.1, -0.05) is 0 Å². The summed E-state index contributed by atoms with van der Waals surface area (Å²) >= 11 is 0. The van der Waals surface area contributed by atoms with Gasteiger partial charge >= 0.3 is 6.09 Å². The molecule has 0 fully saturated rings. The summed E-state index contributed by atoms with van der Waals surface area (Å²) in [6.45, 7) is 0. The molecule has 62 valence electrons. The van der Waals surface area contributed by atoms with Crippen molar-refractivity contribution in [3.63, 3.8) is 0 Å². The summed E-state index contributed by atoms with van der Waals surface area (Å²) in [5, 5.41) is 0. The van der Waals surface area contributed by atoms with Gasteiger partial charge in [-0.3, -0.25) is 4.79 Å². The lowest BCUT2D eigenvalue weighted by Crippen LogP contribution is -2.17. The molecule has 0 atom stereocenters. The van der Waals surface area contributed by atoms with E-state index in [1.54, 1.807) is 0 Å². The Balaban J connectivity index is 2.96. The number of pyridine rings is 1. The minimum atomic E-state index is -0.967. The summed E-state index contributed by atoms with van der Waals surface area (Å²) < 4.78 is 4.48. The summed E-state index contributed by atoms with van der Waals surface area (Å²) in [7, 11) is 0. The zero-order valence-electron chi connectivity index (χ0n) is 6.06. The van der Waals surface area contributed by atoms with Crippen molar-refractivity contribution in [1.82, 2.24) is 4.98 Å². The number of nitrogens with zero attached hydrogens (tertiary/aromatic N) is 1. The zero-order valence-corrected chi connectivity index (χ0v) is 6.06. The van der Waals surface area contributed by atoms with Crippen LogP contribution < -0.4 is 10.5 Å². The van der Waals surface area contributed by atoms with Crippen LogP contribution in [-0.4, -0.2) is 17.4 Å². The number of ether oxygens (including phenoxy) is 1. The van der Waals surface area contributed by atoms with Gasteiger partial charge in [-0.15, -0.1) is 0 Å². The van der Waals surface area contributed by atoms with Gasteiger partial charge in [0.05, 0.1) is 0 Å². The second-order valence-electron chi connectivity index (χ2n) is 1.93. The number of carbonyl (C=O) groups excluding carboxylic acids is 2. The van der Waals surface area contributed by atoms with Crippen LogP contribution in [0, 0.1) is 0 Å². The number of hydrogen-bond donors (Lipinski definition) is 1. The molecule has 2 N–H and O–H groups in total. The molecule has 5 nitrogen and oxygen atoms in total. The van der Waals surface area contributed by atoms with Crippen molar-refractivity contribution in [2.24, 2.45) is 5.73 Å². The normalized spacial score (nSPS) is 9.00. The van der Waals surface area contributed by atoms with Gasteiger partial charge in [0.2, 0.25) is 0 Å². The molecule has 0 saturated heterocycles. The fourth-order valence-electron chi connectivity index (χ4n) is 0.686. The maximum absolute atomic E-state index is 10.3. The summed E-state index contributed by atoms with van der Waals surface area (Å²) in [5.41, 5.74) is 4.80. The number of nitrogens with two attached hydrogens (primary N) is 1. The van der Waals surface area contributed by atoms with Crippen LogP contribution in [0.3, 0.4) is 0 Å². The van der Waals surface area contributed by atoms with Crippen LogP contribution in [0.2, 0.25) is 0 Å². The van der Waals surface area contributed by atoms with Crippen molar-refractivity contribution >= 4 is 12.4 Å². The Hall–Kier alpha value is -1.91. The molecule has 0 radical (unpaired) electrons. The quantitative estimate of drug-likeness (QED) is 0.642. The van der Waals surface area contributed by atoms with Crippen LogP contribution in [-0.2, 0) is 0 Å². The molecule has 0 aliphatic heterocycles. The summed E-state index contributed by atoms with van der Waals surface area (Å²) in [4.78, 5) is 24.3. The van der Waals surface area contributed by atoms with Crippen LogP contribution in [0.1, 0.15) is 10.5 Å². The van der Waals surface area contributed by atoms with Crippen LogP contribution >= 0.6 is 0 Å². The number of primary amides is 1. The molecular formula is C7H6N2O3. The van der Waals surface area contributed by atoms with E-state index in [2.05, 4.69) is 9.72 Å². The molecule has 0 aromatic carbocycles. The number of amides is 1. The predicted molar refractivity (Wildman–Crippen MR) is 39.8 cm³/mol. The first-order valence-electron chi connectivity index (χ1n) is 3.11. The van der Waals surface area contributed by atoms with E-state index in [1.807, 2.05) is 0 Å². The van der Waals surface area contributed by atoms with Crippen LogP contribution in [0.15, 0.2) is 18.3 Å². The highest BCUT2D eigenvalue weighted by atomic mass is 16.5. The monoisotopic (exact) mass is 166 g/mol. The molecular weight excluding hydrogens is 160 g/mol. The van der Waals surface area contributed by atoms with E-state index in [9.17, 15) is 9.59 Å². The SMILES string of the molecule is NC(=O)Oc1cccnc1C=O. The van der Waals surface area contributed by atoms with Gasteiger partial charge in [-0.05, 0) is 12.1 Å². The van der Waals surface area contributed by atoms with Gasteiger partial charge in [0.1, 0.15) is 5.69 Å². The molecule has 1 aromatic heterocycles. The van der Waals surface area contributed by atoms with Gasteiger partial charge in [-0.2, -0.15) is 0 Å². The molecule has 1 rings (SSSR count). The average Bonchev–Trinajstić information content (AvgIpc) is 2.04. The highest BCUT2D eigenvalue weighted by Crippen LogP contribution is 2.12. The Morgan fingerprint density at radius 1 is 1.67 bits per heavy atom. The van der Waals surface area contributed by atoms with E-state index < -0.39 is 6.09 Å². The fraction of sp³-hybridized carbons (Fsp3) is 0. The Kier molecular flexibility index (Phi) is 2.37.